The number of ketones is 1. The van der Waals surface area contributed by atoms with Crippen molar-refractivity contribution in [2.45, 2.75) is 84.8 Å². The van der Waals surface area contributed by atoms with Crippen molar-refractivity contribution in [1.29, 1.82) is 0 Å². The fourth-order valence-electron chi connectivity index (χ4n) is 9.30. The first kappa shape index (κ1) is 27.1. The van der Waals surface area contributed by atoms with Gasteiger partial charge in [0, 0.05) is 41.8 Å². The van der Waals surface area contributed by atoms with E-state index in [1.54, 1.807) is 0 Å². The van der Waals surface area contributed by atoms with Crippen molar-refractivity contribution >= 4 is 29.4 Å². The lowest BCUT2D eigenvalue weighted by Crippen LogP contribution is -2.63. The summed E-state index contributed by atoms with van der Waals surface area (Å²) in [5.74, 6) is -0.147. The van der Waals surface area contributed by atoms with Crippen LogP contribution in [0.4, 0.5) is 4.79 Å². The molecule has 5 rings (SSSR count). The Bertz CT molecular complexity index is 987. The Kier molecular flexibility index (Phi) is 7.07. The molecule has 2 aliphatic heterocycles. The molecule has 5 fully saturated rings. The molecule has 0 aromatic heterocycles. The number of fused-ring (bicyclic) bond motifs is 2. The van der Waals surface area contributed by atoms with E-state index in [0.717, 1.165) is 38.8 Å². The smallest absolute Gasteiger partial charge is 0.414 e. The third-order valence-corrected chi connectivity index (χ3v) is 11.9. The Labute approximate surface area is 225 Å². The van der Waals surface area contributed by atoms with Gasteiger partial charge in [0.25, 0.3) is 0 Å². The molecule has 5 aliphatic rings. The molecule has 2 amide bonds. The number of hydrogen-bond donors (Lipinski definition) is 2. The van der Waals surface area contributed by atoms with E-state index in [9.17, 15) is 19.5 Å². The second-order valence-corrected chi connectivity index (χ2v) is 13.6. The SMILES string of the molecule is C[C@@H]1CCC23CCC(=O)C2[C@]1(C)[C@H](OC(=O)NC(=O)[C@H]1CN2CC[C@@H]1C2)C[C@@](C)(CC=CCl)[C@@H](O)[C@@H]3C. The summed E-state index contributed by atoms with van der Waals surface area (Å²) >= 11 is 5.92. The predicted molar refractivity (Wildman–Crippen MR) is 141 cm³/mol. The Morgan fingerprint density at radius 3 is 2.62 bits per heavy atom. The number of rotatable bonds is 4. The molecule has 0 radical (unpaired) electrons. The molecule has 4 bridgehead atoms. The number of aliphatic hydroxyl groups excluding tert-OH is 1. The first-order chi connectivity index (χ1) is 17.5. The summed E-state index contributed by atoms with van der Waals surface area (Å²) in [6.07, 6.45) is 4.76. The highest BCUT2D eigenvalue weighted by Gasteiger charge is 2.68. The predicted octanol–water partition coefficient (Wildman–Crippen LogP) is 4.51. The van der Waals surface area contributed by atoms with Gasteiger partial charge in [0.1, 0.15) is 11.9 Å². The van der Waals surface area contributed by atoms with Gasteiger partial charge in [-0.2, -0.15) is 0 Å². The molecule has 37 heavy (non-hydrogen) atoms. The number of hydrogen-bond acceptors (Lipinski definition) is 6. The first-order valence-corrected chi connectivity index (χ1v) is 14.6. The number of alkyl carbamates (subject to hydrolysis) is 1. The third kappa shape index (κ3) is 4.19. The average molecular weight is 535 g/mol. The van der Waals surface area contributed by atoms with Crippen molar-refractivity contribution in [3.8, 4) is 0 Å². The summed E-state index contributed by atoms with van der Waals surface area (Å²) in [6.45, 7) is 11.0. The molecule has 3 aliphatic carbocycles. The van der Waals surface area contributed by atoms with Crippen LogP contribution in [0.1, 0.15) is 72.6 Å². The molecule has 8 heteroatoms. The third-order valence-electron chi connectivity index (χ3n) is 11.7. The molecule has 0 aromatic carbocycles. The second kappa shape index (κ2) is 9.63. The maximum atomic E-state index is 13.5. The molecule has 0 aromatic rings. The minimum atomic E-state index is -0.735. The van der Waals surface area contributed by atoms with Gasteiger partial charge >= 0.3 is 6.09 Å². The average Bonchev–Trinajstić information content (AvgIpc) is 3.59. The van der Waals surface area contributed by atoms with Crippen LogP contribution in [0.3, 0.4) is 0 Å². The van der Waals surface area contributed by atoms with Crippen molar-refractivity contribution in [3.05, 3.63) is 11.6 Å². The number of amides is 2. The molecule has 206 valence electrons. The zero-order valence-corrected chi connectivity index (χ0v) is 23.4. The number of ether oxygens (including phenoxy) is 1. The van der Waals surface area contributed by atoms with Crippen molar-refractivity contribution < 1.29 is 24.2 Å². The molecule has 0 spiro atoms. The quantitative estimate of drug-likeness (QED) is 0.551. The largest absolute Gasteiger partial charge is 0.445 e. The van der Waals surface area contributed by atoms with Gasteiger partial charge in [0.15, 0.2) is 0 Å². The summed E-state index contributed by atoms with van der Waals surface area (Å²) in [5, 5.41) is 14.4. The Hall–Kier alpha value is -1.44. The summed E-state index contributed by atoms with van der Waals surface area (Å²) in [5.41, 5.74) is -0.0564. The molecule has 3 saturated carbocycles. The second-order valence-electron chi connectivity index (χ2n) is 13.4. The first-order valence-electron chi connectivity index (χ1n) is 14.2. The van der Waals surface area contributed by atoms with E-state index >= 15 is 0 Å². The van der Waals surface area contributed by atoms with E-state index in [1.807, 2.05) is 13.0 Å². The van der Waals surface area contributed by atoms with Gasteiger partial charge in [-0.05, 0) is 68.2 Å². The van der Waals surface area contributed by atoms with Gasteiger partial charge in [-0.15, -0.1) is 0 Å². The van der Waals surface area contributed by atoms with Crippen LogP contribution in [0.15, 0.2) is 11.6 Å². The minimum Gasteiger partial charge on any atom is -0.445 e. The maximum Gasteiger partial charge on any atom is 0.414 e. The summed E-state index contributed by atoms with van der Waals surface area (Å²) in [7, 11) is 0. The highest BCUT2D eigenvalue weighted by atomic mass is 35.5. The van der Waals surface area contributed by atoms with E-state index in [4.69, 9.17) is 16.3 Å². The molecular formula is C29H43ClN2O5. The van der Waals surface area contributed by atoms with Crippen LogP contribution in [0.5, 0.6) is 0 Å². The van der Waals surface area contributed by atoms with Crippen LogP contribution in [0.2, 0.25) is 0 Å². The van der Waals surface area contributed by atoms with Gasteiger partial charge in [0.2, 0.25) is 5.91 Å². The zero-order valence-electron chi connectivity index (χ0n) is 22.7. The molecule has 3 unspecified atom stereocenters. The van der Waals surface area contributed by atoms with Gasteiger partial charge in [-0.1, -0.05) is 45.4 Å². The standard InChI is InChI=1S/C29H43ClN2O5/c1-17-6-10-29-11-7-21(33)23(29)28(17,4)22(14-27(3,9-5-12-30)24(34)18(29)2)37-26(36)31-25(35)20-16-32-13-8-19(20)15-32/h5,12,17-20,22-24,34H,6-11,13-16H2,1-4H3,(H,31,35,36)/t17-,18+,19-,20+,22-,23?,24+,27-,28+,29?/m1/s1. The van der Waals surface area contributed by atoms with Crippen LogP contribution in [-0.4, -0.2) is 59.6 Å². The molecule has 11 atom stereocenters. The fourth-order valence-corrected chi connectivity index (χ4v) is 9.39. The number of allylic oxidation sites excluding steroid dienone is 1. The van der Waals surface area contributed by atoms with E-state index in [0.29, 0.717) is 31.7 Å². The van der Waals surface area contributed by atoms with Gasteiger partial charge in [0.05, 0.1) is 12.0 Å². The molecule has 7 nitrogen and oxygen atoms in total. The topological polar surface area (TPSA) is 95.9 Å². The number of Topliss-reactive ketones (excluding diaryl/α,β-unsaturated/α-hetero) is 1. The number of aliphatic hydroxyl groups is 1. The summed E-state index contributed by atoms with van der Waals surface area (Å²) < 4.78 is 6.20. The lowest BCUT2D eigenvalue weighted by Gasteiger charge is -2.62. The van der Waals surface area contributed by atoms with Gasteiger partial charge in [-0.3, -0.25) is 14.9 Å². The van der Waals surface area contributed by atoms with Crippen molar-refractivity contribution in [1.82, 2.24) is 10.2 Å². The van der Waals surface area contributed by atoms with Gasteiger partial charge < -0.3 is 14.7 Å². The van der Waals surface area contributed by atoms with Crippen LogP contribution >= 0.6 is 11.6 Å². The lowest BCUT2D eigenvalue weighted by molar-refractivity contribution is -0.197. The van der Waals surface area contributed by atoms with Crippen LogP contribution < -0.4 is 5.32 Å². The number of halogens is 1. The van der Waals surface area contributed by atoms with Crippen molar-refractivity contribution in [2.24, 2.45) is 45.8 Å². The van der Waals surface area contributed by atoms with E-state index < -0.39 is 29.1 Å². The van der Waals surface area contributed by atoms with Gasteiger partial charge in [-0.25, -0.2) is 4.79 Å². The number of piperidine rings is 1. The lowest BCUT2D eigenvalue weighted by atomic mass is 9.43. The highest BCUT2D eigenvalue weighted by molar-refractivity contribution is 6.25. The fraction of sp³-hybridized carbons (Fsp3) is 0.828. The number of nitrogens with one attached hydrogen (secondary N) is 1. The Morgan fingerprint density at radius 2 is 1.97 bits per heavy atom. The minimum absolute atomic E-state index is 0.0753. The van der Waals surface area contributed by atoms with Crippen LogP contribution in [0, 0.1) is 45.8 Å². The molecule has 2 saturated heterocycles. The van der Waals surface area contributed by atoms with E-state index in [-0.39, 0.29) is 40.8 Å². The van der Waals surface area contributed by atoms with E-state index in [2.05, 4.69) is 31.0 Å². The number of carbonyl (C=O) groups is 3. The molecule has 2 heterocycles. The zero-order chi connectivity index (χ0) is 26.8. The van der Waals surface area contributed by atoms with Crippen LogP contribution in [0.25, 0.3) is 0 Å². The highest BCUT2D eigenvalue weighted by Crippen LogP contribution is 2.68. The Balaban J connectivity index is 1.47. The van der Waals surface area contributed by atoms with Crippen molar-refractivity contribution in [3.63, 3.8) is 0 Å². The van der Waals surface area contributed by atoms with Crippen molar-refractivity contribution in [2.75, 3.05) is 19.6 Å². The summed E-state index contributed by atoms with van der Waals surface area (Å²) in [4.78, 5) is 42.1. The molecule has 2 N–H and O–H groups in total. The summed E-state index contributed by atoms with van der Waals surface area (Å²) in [6, 6.07) is 0. The van der Waals surface area contributed by atoms with E-state index in [1.165, 1.54) is 5.54 Å². The maximum absolute atomic E-state index is 13.5. The number of nitrogens with zero attached hydrogens (tertiary/aromatic N) is 1. The monoisotopic (exact) mass is 534 g/mol. The number of imide groups is 1. The number of carbonyl (C=O) groups excluding carboxylic acids is 3. The van der Waals surface area contributed by atoms with Crippen LogP contribution in [-0.2, 0) is 14.3 Å². The normalized spacial score (nSPS) is 49.0. The Morgan fingerprint density at radius 1 is 1.22 bits per heavy atom. The molecular weight excluding hydrogens is 492 g/mol.